The van der Waals surface area contributed by atoms with Crippen LogP contribution in [-0.2, 0) is 6.61 Å². The molecule has 0 aliphatic rings. The zero-order valence-corrected chi connectivity index (χ0v) is 17.9. The van der Waals surface area contributed by atoms with Crippen LogP contribution >= 0.6 is 27.7 Å². The van der Waals surface area contributed by atoms with Gasteiger partial charge in [-0.2, -0.15) is 9.78 Å². The molecule has 0 saturated heterocycles. The summed E-state index contributed by atoms with van der Waals surface area (Å²) in [4.78, 5) is 0. The van der Waals surface area contributed by atoms with Crippen molar-refractivity contribution < 1.29 is 13.6 Å². The van der Waals surface area contributed by atoms with E-state index in [1.165, 1.54) is 0 Å². The van der Waals surface area contributed by atoms with Crippen LogP contribution in [0.4, 0.5) is 0 Å². The average Bonchev–Trinajstić information content (AvgIpc) is 3.47. The third-order valence-electron chi connectivity index (χ3n) is 3.80. The minimum Gasteiger partial charge on any atom is -0.486 e. The van der Waals surface area contributed by atoms with Gasteiger partial charge in [0, 0.05) is 4.47 Å². The van der Waals surface area contributed by atoms with Crippen LogP contribution in [0.2, 0.25) is 0 Å². The van der Waals surface area contributed by atoms with Crippen molar-refractivity contribution in [3.05, 3.63) is 70.8 Å². The van der Waals surface area contributed by atoms with Crippen LogP contribution in [0.1, 0.15) is 18.4 Å². The molecule has 9 heteroatoms. The maximum Gasteiger partial charge on any atom is 0.221 e. The lowest BCUT2D eigenvalue weighted by molar-refractivity contribution is 0.270. The van der Waals surface area contributed by atoms with Gasteiger partial charge in [0.05, 0.1) is 12.5 Å². The van der Waals surface area contributed by atoms with E-state index in [1.54, 1.807) is 35.0 Å². The van der Waals surface area contributed by atoms with Crippen molar-refractivity contribution >= 4 is 33.9 Å². The number of rotatable bonds is 8. The van der Waals surface area contributed by atoms with Gasteiger partial charge in [-0.05, 0) is 54.3 Å². The van der Waals surface area contributed by atoms with Gasteiger partial charge in [0.25, 0.3) is 0 Å². The molecule has 0 atom stereocenters. The number of benzene rings is 1. The normalized spacial score (nSPS) is 11.4. The highest BCUT2D eigenvalue weighted by Gasteiger charge is 2.15. The van der Waals surface area contributed by atoms with Crippen molar-refractivity contribution in [3.63, 3.8) is 0 Å². The van der Waals surface area contributed by atoms with E-state index >= 15 is 0 Å². The summed E-state index contributed by atoms with van der Waals surface area (Å²) in [6, 6.07) is 15.0. The second-order valence-corrected chi connectivity index (χ2v) is 7.97. The van der Waals surface area contributed by atoms with Crippen LogP contribution in [-0.4, -0.2) is 26.8 Å². The second kappa shape index (κ2) is 9.15. The summed E-state index contributed by atoms with van der Waals surface area (Å²) in [5.74, 6) is 4.06. The quantitative estimate of drug-likeness (QED) is 0.250. The van der Waals surface area contributed by atoms with E-state index in [1.807, 2.05) is 49.4 Å². The molecule has 0 fully saturated rings. The van der Waals surface area contributed by atoms with E-state index in [-0.39, 0.29) is 0 Å². The molecule has 0 unspecified atom stereocenters. The summed E-state index contributed by atoms with van der Waals surface area (Å²) in [5, 5.41) is 13.6. The molecule has 3 heterocycles. The monoisotopic (exact) mass is 472 g/mol. The zero-order valence-electron chi connectivity index (χ0n) is 15.5. The molecule has 148 valence electrons. The maximum atomic E-state index is 5.79. The molecular weight excluding hydrogens is 456 g/mol. The average molecular weight is 473 g/mol. The highest BCUT2D eigenvalue weighted by molar-refractivity contribution is 9.10. The Morgan fingerprint density at radius 2 is 2.03 bits per heavy atom. The van der Waals surface area contributed by atoms with Gasteiger partial charge in [0.1, 0.15) is 23.9 Å². The molecule has 4 rings (SSSR count). The molecule has 0 amide bonds. The van der Waals surface area contributed by atoms with Crippen LogP contribution in [0, 0.1) is 0 Å². The van der Waals surface area contributed by atoms with Crippen LogP contribution < -0.4 is 4.74 Å². The Kier molecular flexibility index (Phi) is 6.16. The van der Waals surface area contributed by atoms with Gasteiger partial charge in [0.15, 0.2) is 5.76 Å². The first kappa shape index (κ1) is 19.5. The lowest BCUT2D eigenvalue weighted by Gasteiger charge is -2.03. The molecule has 1 aromatic carbocycles. The van der Waals surface area contributed by atoms with Gasteiger partial charge >= 0.3 is 0 Å². The molecule has 0 spiro atoms. The summed E-state index contributed by atoms with van der Waals surface area (Å²) in [6.07, 6.45) is 3.22. The van der Waals surface area contributed by atoms with Crippen LogP contribution in [0.25, 0.3) is 11.6 Å². The summed E-state index contributed by atoms with van der Waals surface area (Å²) < 4.78 is 19.6. The van der Waals surface area contributed by atoms with Crippen molar-refractivity contribution in [3.8, 4) is 17.3 Å². The third-order valence-corrected chi connectivity index (χ3v) is 5.13. The Labute approximate surface area is 179 Å². The van der Waals surface area contributed by atoms with Crippen LogP contribution in [0.5, 0.6) is 5.75 Å². The second-order valence-electron chi connectivity index (χ2n) is 5.82. The smallest absolute Gasteiger partial charge is 0.221 e. The number of halogens is 1. The van der Waals surface area contributed by atoms with Gasteiger partial charge in [-0.3, -0.25) is 0 Å². The standard InChI is InChI=1S/C20H17BrN4O3S/c1-2-29-20-24-23-19(18-4-3-11-26-18)25(20)22-12-16-9-10-17(28-16)13-27-15-7-5-14(21)6-8-15/h3-12H,2,13H2,1H3/b22-12-. The van der Waals surface area contributed by atoms with Crippen molar-refractivity contribution in [1.29, 1.82) is 0 Å². The number of nitrogens with zero attached hydrogens (tertiary/aromatic N) is 4. The summed E-state index contributed by atoms with van der Waals surface area (Å²) in [6.45, 7) is 2.38. The molecule has 0 aliphatic carbocycles. The summed E-state index contributed by atoms with van der Waals surface area (Å²) in [7, 11) is 0. The fourth-order valence-corrected chi connectivity index (χ4v) is 3.37. The zero-order chi connectivity index (χ0) is 20.1. The topological polar surface area (TPSA) is 78.6 Å². The minimum absolute atomic E-state index is 0.330. The highest BCUT2D eigenvalue weighted by atomic mass is 79.9. The Balaban J connectivity index is 1.48. The van der Waals surface area contributed by atoms with Crippen molar-refractivity contribution in [2.75, 3.05) is 5.75 Å². The van der Waals surface area contributed by atoms with Gasteiger partial charge < -0.3 is 13.6 Å². The largest absolute Gasteiger partial charge is 0.486 e. The molecule has 0 aliphatic heterocycles. The number of aromatic nitrogens is 3. The van der Waals surface area contributed by atoms with E-state index in [0.717, 1.165) is 16.0 Å². The van der Waals surface area contributed by atoms with E-state index < -0.39 is 0 Å². The van der Waals surface area contributed by atoms with E-state index in [2.05, 4.69) is 31.2 Å². The van der Waals surface area contributed by atoms with E-state index in [9.17, 15) is 0 Å². The first-order valence-electron chi connectivity index (χ1n) is 8.86. The fraction of sp³-hybridized carbons (Fsp3) is 0.150. The lowest BCUT2D eigenvalue weighted by atomic mass is 10.3. The van der Waals surface area contributed by atoms with Gasteiger partial charge in [0.2, 0.25) is 11.0 Å². The Morgan fingerprint density at radius 1 is 1.17 bits per heavy atom. The molecule has 0 saturated carbocycles. The molecular formula is C20H17BrN4O3S. The Hall–Kier alpha value is -2.78. The third kappa shape index (κ3) is 4.80. The molecule has 29 heavy (non-hydrogen) atoms. The fourth-order valence-electron chi connectivity index (χ4n) is 2.49. The lowest BCUT2D eigenvalue weighted by Crippen LogP contribution is -1.96. The van der Waals surface area contributed by atoms with Crippen molar-refractivity contribution in [2.24, 2.45) is 5.10 Å². The molecule has 3 aromatic heterocycles. The first-order chi connectivity index (χ1) is 14.2. The van der Waals surface area contributed by atoms with Crippen LogP contribution in [0.3, 0.4) is 0 Å². The van der Waals surface area contributed by atoms with Gasteiger partial charge in [-0.1, -0.05) is 34.6 Å². The molecule has 7 nitrogen and oxygen atoms in total. The number of thioether (sulfide) groups is 1. The highest BCUT2D eigenvalue weighted by Crippen LogP contribution is 2.24. The number of furan rings is 2. The van der Waals surface area contributed by atoms with Crippen molar-refractivity contribution in [1.82, 2.24) is 14.9 Å². The van der Waals surface area contributed by atoms with E-state index in [0.29, 0.717) is 34.9 Å². The number of hydrogen-bond donors (Lipinski definition) is 0. The van der Waals surface area contributed by atoms with Gasteiger partial charge in [-0.15, -0.1) is 10.2 Å². The number of ether oxygens (including phenoxy) is 1. The Bertz CT molecular complexity index is 1090. The van der Waals surface area contributed by atoms with Gasteiger partial charge in [-0.25, -0.2) is 0 Å². The summed E-state index contributed by atoms with van der Waals surface area (Å²) >= 11 is 4.95. The minimum atomic E-state index is 0.330. The molecule has 4 aromatic rings. The SMILES string of the molecule is CCSc1nnc(-c2ccco2)n1/N=C\c1ccc(COc2ccc(Br)cc2)o1. The summed E-state index contributed by atoms with van der Waals surface area (Å²) in [5.41, 5.74) is 0. The maximum absolute atomic E-state index is 5.79. The van der Waals surface area contributed by atoms with Crippen LogP contribution in [0.15, 0.2) is 78.4 Å². The molecule has 0 radical (unpaired) electrons. The van der Waals surface area contributed by atoms with Crippen molar-refractivity contribution in [2.45, 2.75) is 18.7 Å². The Morgan fingerprint density at radius 3 is 2.79 bits per heavy atom. The van der Waals surface area contributed by atoms with E-state index in [4.69, 9.17) is 13.6 Å². The predicted octanol–water partition coefficient (Wildman–Crippen LogP) is 5.47. The molecule has 0 N–H and O–H groups in total. The predicted molar refractivity (Wildman–Crippen MR) is 114 cm³/mol. The molecule has 0 bridgehead atoms. The first-order valence-corrected chi connectivity index (χ1v) is 10.6. The number of hydrogen-bond acceptors (Lipinski definition) is 7.